The van der Waals surface area contributed by atoms with Gasteiger partial charge in [-0.2, -0.15) is 0 Å². The lowest BCUT2D eigenvalue weighted by atomic mass is 10.2. The number of benzene rings is 1. The molecule has 3 rings (SSSR count). The standard InChI is InChI=1S/C18H22N2OS.2ClH/c21-17(18-7-4-14-22-18)8-9-19-10-12-20(13-11-19)15-16-5-2-1-3-6-16;;/h1-7,14H,8-13,15H2;2*1H. The minimum absolute atomic E-state index is 0. The summed E-state index contributed by atoms with van der Waals surface area (Å²) in [5.74, 6) is 0.279. The van der Waals surface area contributed by atoms with Crippen LogP contribution in [0.2, 0.25) is 0 Å². The summed E-state index contributed by atoms with van der Waals surface area (Å²) in [6.45, 7) is 6.21. The minimum Gasteiger partial charge on any atom is -0.300 e. The van der Waals surface area contributed by atoms with Gasteiger partial charge in [-0.15, -0.1) is 36.2 Å². The highest BCUT2D eigenvalue weighted by Crippen LogP contribution is 2.13. The summed E-state index contributed by atoms with van der Waals surface area (Å²) in [5.41, 5.74) is 1.38. The maximum absolute atomic E-state index is 12.0. The molecule has 2 aromatic rings. The van der Waals surface area contributed by atoms with E-state index in [1.54, 1.807) is 11.3 Å². The number of nitrogens with zero attached hydrogens (tertiary/aromatic N) is 2. The Morgan fingerprint density at radius 2 is 1.58 bits per heavy atom. The fraction of sp³-hybridized carbons (Fsp3) is 0.389. The molecule has 0 bridgehead atoms. The van der Waals surface area contributed by atoms with Crippen LogP contribution in [-0.2, 0) is 6.54 Å². The summed E-state index contributed by atoms with van der Waals surface area (Å²) in [6, 6.07) is 14.5. The molecule has 0 amide bonds. The van der Waals surface area contributed by atoms with E-state index >= 15 is 0 Å². The van der Waals surface area contributed by atoms with E-state index in [0.29, 0.717) is 6.42 Å². The maximum atomic E-state index is 12.0. The molecule has 0 atom stereocenters. The lowest BCUT2D eigenvalue weighted by Crippen LogP contribution is -2.46. The van der Waals surface area contributed by atoms with E-state index in [-0.39, 0.29) is 30.6 Å². The molecule has 0 unspecified atom stereocenters. The normalized spacial score (nSPS) is 15.3. The molecule has 3 nitrogen and oxygen atoms in total. The van der Waals surface area contributed by atoms with Gasteiger partial charge in [0.05, 0.1) is 4.88 Å². The van der Waals surface area contributed by atoms with Crippen LogP contribution in [0.3, 0.4) is 0 Å². The topological polar surface area (TPSA) is 23.6 Å². The summed E-state index contributed by atoms with van der Waals surface area (Å²) in [5, 5.41) is 1.97. The van der Waals surface area contributed by atoms with E-state index in [0.717, 1.165) is 44.1 Å². The summed E-state index contributed by atoms with van der Waals surface area (Å²) < 4.78 is 0. The average Bonchev–Trinajstić information content (AvgIpc) is 3.09. The van der Waals surface area contributed by atoms with Crippen LogP contribution < -0.4 is 0 Å². The first-order valence-corrected chi connectivity index (χ1v) is 8.74. The first-order chi connectivity index (χ1) is 10.8. The molecule has 0 N–H and O–H groups in total. The molecule has 1 aromatic carbocycles. The highest BCUT2D eigenvalue weighted by molar-refractivity contribution is 7.12. The van der Waals surface area contributed by atoms with Crippen LogP contribution >= 0.6 is 36.2 Å². The molecule has 1 fully saturated rings. The predicted molar refractivity (Wildman–Crippen MR) is 106 cm³/mol. The number of carbonyl (C=O) groups excluding carboxylic acids is 1. The lowest BCUT2D eigenvalue weighted by Gasteiger charge is -2.34. The van der Waals surface area contributed by atoms with Gasteiger partial charge >= 0.3 is 0 Å². The Balaban J connectivity index is 0.00000144. The van der Waals surface area contributed by atoms with E-state index in [4.69, 9.17) is 0 Å². The van der Waals surface area contributed by atoms with E-state index in [2.05, 4.69) is 40.1 Å². The quantitative estimate of drug-likeness (QED) is 0.701. The third-order valence-corrected chi connectivity index (χ3v) is 5.08. The number of thiophene rings is 1. The monoisotopic (exact) mass is 386 g/mol. The van der Waals surface area contributed by atoms with Crippen LogP contribution in [0.1, 0.15) is 21.7 Å². The largest absolute Gasteiger partial charge is 0.300 e. The molecule has 1 aromatic heterocycles. The second kappa shape index (κ2) is 10.9. The molecule has 0 aliphatic carbocycles. The van der Waals surface area contributed by atoms with Crippen molar-refractivity contribution in [1.82, 2.24) is 9.80 Å². The van der Waals surface area contributed by atoms with Gasteiger partial charge in [0.1, 0.15) is 0 Å². The highest BCUT2D eigenvalue weighted by atomic mass is 35.5. The molecule has 1 saturated heterocycles. The number of Topliss-reactive ketones (excluding diaryl/α,β-unsaturated/α-hetero) is 1. The number of ketones is 1. The lowest BCUT2D eigenvalue weighted by molar-refractivity contribution is 0.0926. The summed E-state index contributed by atoms with van der Waals surface area (Å²) in [7, 11) is 0. The predicted octanol–water partition coefficient (Wildman–Crippen LogP) is 3.98. The van der Waals surface area contributed by atoms with Crippen molar-refractivity contribution in [3.8, 4) is 0 Å². The smallest absolute Gasteiger partial charge is 0.174 e. The molecular formula is C18H24Cl2N2OS. The molecule has 2 heterocycles. The number of halogens is 2. The molecule has 0 radical (unpaired) electrons. The van der Waals surface area contributed by atoms with Crippen molar-refractivity contribution in [1.29, 1.82) is 0 Å². The zero-order valence-corrected chi connectivity index (χ0v) is 16.0. The fourth-order valence-corrected chi connectivity index (χ4v) is 3.53. The molecular weight excluding hydrogens is 363 g/mol. The van der Waals surface area contributed by atoms with Gasteiger partial charge in [0.25, 0.3) is 0 Å². The van der Waals surface area contributed by atoms with Gasteiger partial charge in [-0.3, -0.25) is 9.69 Å². The summed E-state index contributed by atoms with van der Waals surface area (Å²) in [4.78, 5) is 17.8. The van der Waals surface area contributed by atoms with E-state index in [9.17, 15) is 4.79 Å². The fourth-order valence-electron chi connectivity index (χ4n) is 2.83. The van der Waals surface area contributed by atoms with Crippen molar-refractivity contribution in [2.75, 3.05) is 32.7 Å². The SMILES string of the molecule is Cl.Cl.O=C(CCN1CCN(Cc2ccccc2)CC1)c1cccs1. The Hall–Kier alpha value is -0.910. The van der Waals surface area contributed by atoms with Crippen molar-refractivity contribution in [3.05, 3.63) is 58.3 Å². The zero-order valence-electron chi connectivity index (χ0n) is 13.6. The Morgan fingerprint density at radius 3 is 2.21 bits per heavy atom. The molecule has 1 aliphatic heterocycles. The minimum atomic E-state index is 0. The van der Waals surface area contributed by atoms with Crippen molar-refractivity contribution in [3.63, 3.8) is 0 Å². The van der Waals surface area contributed by atoms with Crippen molar-refractivity contribution in [2.24, 2.45) is 0 Å². The van der Waals surface area contributed by atoms with Gasteiger partial charge in [-0.25, -0.2) is 0 Å². The summed E-state index contributed by atoms with van der Waals surface area (Å²) >= 11 is 1.54. The zero-order chi connectivity index (χ0) is 15.2. The number of hydrogen-bond acceptors (Lipinski definition) is 4. The first-order valence-electron chi connectivity index (χ1n) is 7.86. The van der Waals surface area contributed by atoms with Crippen molar-refractivity contribution >= 4 is 41.9 Å². The van der Waals surface area contributed by atoms with Crippen molar-refractivity contribution in [2.45, 2.75) is 13.0 Å². The second-order valence-electron chi connectivity index (χ2n) is 5.75. The van der Waals surface area contributed by atoms with Gasteiger partial charge in [0, 0.05) is 45.7 Å². The van der Waals surface area contributed by atoms with Gasteiger partial charge in [-0.1, -0.05) is 36.4 Å². The molecule has 132 valence electrons. The van der Waals surface area contributed by atoms with Gasteiger partial charge in [0.15, 0.2) is 5.78 Å². The van der Waals surface area contributed by atoms with Crippen molar-refractivity contribution < 1.29 is 4.79 Å². The Kier molecular flexibility index (Phi) is 9.56. The van der Waals surface area contributed by atoms with Crippen LogP contribution in [0, 0.1) is 0 Å². The van der Waals surface area contributed by atoms with Gasteiger partial charge in [-0.05, 0) is 17.0 Å². The molecule has 24 heavy (non-hydrogen) atoms. The van der Waals surface area contributed by atoms with Crippen LogP contribution in [0.5, 0.6) is 0 Å². The second-order valence-corrected chi connectivity index (χ2v) is 6.70. The first kappa shape index (κ1) is 21.1. The van der Waals surface area contributed by atoms with E-state index < -0.39 is 0 Å². The Labute approximate surface area is 160 Å². The third kappa shape index (κ3) is 6.19. The number of rotatable bonds is 6. The molecule has 0 spiro atoms. The maximum Gasteiger partial charge on any atom is 0.174 e. The Morgan fingerprint density at radius 1 is 0.917 bits per heavy atom. The van der Waals surface area contributed by atoms with Crippen LogP contribution in [0.4, 0.5) is 0 Å². The molecule has 1 aliphatic rings. The van der Waals surface area contributed by atoms with Gasteiger partial charge in [0.2, 0.25) is 0 Å². The van der Waals surface area contributed by atoms with Crippen LogP contribution in [0.25, 0.3) is 0 Å². The molecule has 6 heteroatoms. The van der Waals surface area contributed by atoms with Crippen LogP contribution in [0.15, 0.2) is 47.8 Å². The van der Waals surface area contributed by atoms with E-state index in [1.807, 2.05) is 17.5 Å². The molecule has 0 saturated carbocycles. The van der Waals surface area contributed by atoms with E-state index in [1.165, 1.54) is 5.56 Å². The Bertz CT molecular complexity index is 584. The number of hydrogen-bond donors (Lipinski definition) is 0. The third-order valence-electron chi connectivity index (χ3n) is 4.17. The number of piperazine rings is 1. The van der Waals surface area contributed by atoms with Gasteiger partial charge < -0.3 is 4.90 Å². The van der Waals surface area contributed by atoms with Crippen LogP contribution in [-0.4, -0.2) is 48.3 Å². The number of carbonyl (C=O) groups is 1. The highest BCUT2D eigenvalue weighted by Gasteiger charge is 2.18. The average molecular weight is 387 g/mol. The summed E-state index contributed by atoms with van der Waals surface area (Å²) in [6.07, 6.45) is 0.638.